The van der Waals surface area contributed by atoms with Crippen molar-refractivity contribution in [1.29, 1.82) is 0 Å². The van der Waals surface area contributed by atoms with Gasteiger partial charge in [-0.2, -0.15) is 5.10 Å². The van der Waals surface area contributed by atoms with Gasteiger partial charge in [-0.05, 0) is 44.1 Å². The molecule has 0 aliphatic carbocycles. The molecule has 1 aromatic heterocycles. The lowest BCUT2D eigenvalue weighted by Gasteiger charge is -2.26. The average Bonchev–Trinajstić information content (AvgIpc) is 2.99. The molecule has 0 aromatic carbocycles. The lowest BCUT2D eigenvalue weighted by Crippen LogP contribution is -2.40. The van der Waals surface area contributed by atoms with E-state index in [0.29, 0.717) is 0 Å². The molecule has 0 spiro atoms. The number of aliphatic imine (C=N–C) groups is 1. The molecule has 0 saturated carbocycles. The molecule has 2 rings (SSSR count). The van der Waals surface area contributed by atoms with Gasteiger partial charge in [0.15, 0.2) is 5.96 Å². The first kappa shape index (κ1) is 21.2. The Morgan fingerprint density at radius 3 is 2.83 bits per heavy atom. The fraction of sp³-hybridized carbons (Fsp3) is 0.765. The Labute approximate surface area is 163 Å². The predicted octanol–water partition coefficient (Wildman–Crippen LogP) is 2.52. The zero-order chi connectivity index (χ0) is 16.5. The topological polar surface area (TPSA) is 54.7 Å². The molecule has 1 fully saturated rings. The van der Waals surface area contributed by atoms with Crippen LogP contribution in [0.2, 0.25) is 0 Å². The van der Waals surface area contributed by atoms with Crippen molar-refractivity contribution in [3.05, 3.63) is 18.0 Å². The lowest BCUT2D eigenvalue weighted by molar-refractivity contribution is 0.0625. The van der Waals surface area contributed by atoms with Gasteiger partial charge in [-0.3, -0.25) is 9.67 Å². The highest BCUT2D eigenvalue weighted by Crippen LogP contribution is 2.18. The minimum Gasteiger partial charge on any atom is -0.381 e. The number of hydrogen-bond acceptors (Lipinski definition) is 3. The third kappa shape index (κ3) is 7.38. The van der Waals surface area contributed by atoms with Gasteiger partial charge in [-0.1, -0.05) is 0 Å². The van der Waals surface area contributed by atoms with Crippen molar-refractivity contribution in [1.82, 2.24) is 20.0 Å². The summed E-state index contributed by atoms with van der Waals surface area (Å²) in [5, 5.41) is 7.75. The number of aromatic nitrogens is 2. The zero-order valence-electron chi connectivity index (χ0n) is 15.2. The first-order valence-corrected chi connectivity index (χ1v) is 8.67. The maximum atomic E-state index is 5.42. The van der Waals surface area contributed by atoms with Crippen LogP contribution >= 0.6 is 24.0 Å². The third-order valence-corrected chi connectivity index (χ3v) is 4.40. The van der Waals surface area contributed by atoms with Gasteiger partial charge in [-0.15, -0.1) is 24.0 Å². The van der Waals surface area contributed by atoms with Crippen molar-refractivity contribution < 1.29 is 4.74 Å². The van der Waals surface area contributed by atoms with Crippen LogP contribution in [0.3, 0.4) is 0 Å². The average molecular weight is 449 g/mol. The highest BCUT2D eigenvalue weighted by Gasteiger charge is 2.15. The lowest BCUT2D eigenvalue weighted by atomic mass is 9.96. The molecular weight excluding hydrogens is 417 g/mol. The minimum atomic E-state index is 0. The van der Waals surface area contributed by atoms with E-state index < -0.39 is 0 Å². The molecule has 6 nitrogen and oxygen atoms in total. The molecule has 7 heteroatoms. The molecule has 0 radical (unpaired) electrons. The first-order chi connectivity index (χ1) is 11.2. The van der Waals surface area contributed by atoms with Crippen molar-refractivity contribution in [2.24, 2.45) is 10.9 Å². The van der Waals surface area contributed by atoms with Crippen LogP contribution in [0.5, 0.6) is 0 Å². The monoisotopic (exact) mass is 449 g/mol. The quantitative estimate of drug-likeness (QED) is 0.301. The number of ether oxygens (including phenoxy) is 1. The standard InChI is InChI=1S/C17H31N5O.HI/c1-15-13-20-22(14-15)9-4-8-19-17(18-2)21(3)10-5-16-6-11-23-12-7-16;/h13-14,16H,4-12H2,1-3H3,(H,18,19);1H. The highest BCUT2D eigenvalue weighted by atomic mass is 127. The normalized spacial score (nSPS) is 15.9. The van der Waals surface area contributed by atoms with Crippen molar-refractivity contribution in [3.63, 3.8) is 0 Å². The van der Waals surface area contributed by atoms with E-state index in [-0.39, 0.29) is 24.0 Å². The molecule has 1 saturated heterocycles. The SMILES string of the molecule is CN=C(NCCCn1cc(C)cn1)N(C)CCC1CCOCC1.I. The van der Waals surface area contributed by atoms with Gasteiger partial charge in [0.25, 0.3) is 0 Å². The summed E-state index contributed by atoms with van der Waals surface area (Å²) >= 11 is 0. The van der Waals surface area contributed by atoms with Crippen LogP contribution in [-0.4, -0.2) is 61.0 Å². The summed E-state index contributed by atoms with van der Waals surface area (Å²) < 4.78 is 7.42. The van der Waals surface area contributed by atoms with Gasteiger partial charge < -0.3 is 15.0 Å². The molecule has 0 unspecified atom stereocenters. The van der Waals surface area contributed by atoms with Crippen molar-refractivity contribution in [2.45, 2.75) is 39.2 Å². The molecule has 1 aromatic rings. The second kappa shape index (κ2) is 11.7. The van der Waals surface area contributed by atoms with Crippen LogP contribution in [0.1, 0.15) is 31.2 Å². The molecule has 1 aliphatic rings. The fourth-order valence-electron chi connectivity index (χ4n) is 2.93. The summed E-state index contributed by atoms with van der Waals surface area (Å²) in [5.74, 6) is 1.78. The Bertz CT molecular complexity index is 485. The van der Waals surface area contributed by atoms with E-state index in [1.165, 1.54) is 24.8 Å². The molecule has 1 N–H and O–H groups in total. The summed E-state index contributed by atoms with van der Waals surface area (Å²) in [6, 6.07) is 0. The number of nitrogens with one attached hydrogen (secondary N) is 1. The zero-order valence-corrected chi connectivity index (χ0v) is 17.5. The molecule has 24 heavy (non-hydrogen) atoms. The molecule has 1 aliphatic heterocycles. The minimum absolute atomic E-state index is 0. The Morgan fingerprint density at radius 2 is 2.21 bits per heavy atom. The highest BCUT2D eigenvalue weighted by molar-refractivity contribution is 14.0. The van der Waals surface area contributed by atoms with Crippen LogP contribution in [0, 0.1) is 12.8 Å². The number of nitrogens with zero attached hydrogens (tertiary/aromatic N) is 4. The van der Waals surface area contributed by atoms with Crippen LogP contribution < -0.4 is 5.32 Å². The molecular formula is C17H32IN5O. The van der Waals surface area contributed by atoms with Gasteiger partial charge in [-0.25, -0.2) is 0 Å². The van der Waals surface area contributed by atoms with Crippen LogP contribution in [0.4, 0.5) is 0 Å². The van der Waals surface area contributed by atoms with Crippen molar-refractivity contribution in [3.8, 4) is 0 Å². The summed E-state index contributed by atoms with van der Waals surface area (Å²) in [4.78, 5) is 6.61. The Kier molecular flexibility index (Phi) is 10.3. The molecule has 2 heterocycles. The van der Waals surface area contributed by atoms with Gasteiger partial charge in [0, 0.05) is 53.1 Å². The fourth-order valence-corrected chi connectivity index (χ4v) is 2.93. The van der Waals surface area contributed by atoms with E-state index in [0.717, 1.165) is 51.1 Å². The second-order valence-electron chi connectivity index (χ2n) is 6.37. The number of aryl methyl sites for hydroxylation is 2. The summed E-state index contributed by atoms with van der Waals surface area (Å²) in [5.41, 5.74) is 1.21. The summed E-state index contributed by atoms with van der Waals surface area (Å²) in [6.45, 7) is 6.80. The smallest absolute Gasteiger partial charge is 0.193 e. The Morgan fingerprint density at radius 1 is 1.46 bits per heavy atom. The van der Waals surface area contributed by atoms with E-state index >= 15 is 0 Å². The van der Waals surface area contributed by atoms with Gasteiger partial charge in [0.1, 0.15) is 0 Å². The van der Waals surface area contributed by atoms with E-state index in [4.69, 9.17) is 4.74 Å². The van der Waals surface area contributed by atoms with Crippen molar-refractivity contribution in [2.75, 3.05) is 40.4 Å². The number of rotatable bonds is 7. The van der Waals surface area contributed by atoms with E-state index in [9.17, 15) is 0 Å². The third-order valence-electron chi connectivity index (χ3n) is 4.40. The van der Waals surface area contributed by atoms with Gasteiger partial charge in [0.2, 0.25) is 0 Å². The largest absolute Gasteiger partial charge is 0.381 e. The van der Waals surface area contributed by atoms with E-state index in [1.54, 1.807) is 0 Å². The summed E-state index contributed by atoms with van der Waals surface area (Å²) in [7, 11) is 3.97. The Hall–Kier alpha value is -0.830. The van der Waals surface area contributed by atoms with Gasteiger partial charge >= 0.3 is 0 Å². The number of hydrogen-bond donors (Lipinski definition) is 1. The Balaban J connectivity index is 0.00000288. The predicted molar refractivity (Wildman–Crippen MR) is 109 cm³/mol. The van der Waals surface area contributed by atoms with Crippen LogP contribution in [0.15, 0.2) is 17.4 Å². The first-order valence-electron chi connectivity index (χ1n) is 8.67. The molecule has 138 valence electrons. The molecule has 0 atom stereocenters. The van der Waals surface area contributed by atoms with E-state index in [1.807, 2.05) is 17.9 Å². The van der Waals surface area contributed by atoms with Crippen LogP contribution in [-0.2, 0) is 11.3 Å². The van der Waals surface area contributed by atoms with Crippen molar-refractivity contribution >= 4 is 29.9 Å². The maximum Gasteiger partial charge on any atom is 0.193 e. The van der Waals surface area contributed by atoms with Gasteiger partial charge in [0.05, 0.1) is 6.20 Å². The number of halogens is 1. The molecule has 0 bridgehead atoms. The number of guanidine groups is 1. The summed E-state index contributed by atoms with van der Waals surface area (Å²) in [6.07, 6.45) is 8.62. The van der Waals surface area contributed by atoms with Crippen LogP contribution in [0.25, 0.3) is 0 Å². The maximum absolute atomic E-state index is 5.42. The van der Waals surface area contributed by atoms with E-state index in [2.05, 4.69) is 40.5 Å². The molecule has 0 amide bonds. The second-order valence-corrected chi connectivity index (χ2v) is 6.37.